The first-order valence-electron chi connectivity index (χ1n) is 5.68. The normalized spacial score (nSPS) is 16.7. The number of aliphatic carboxylic acids is 1. The molecule has 96 valence electrons. The van der Waals surface area contributed by atoms with Gasteiger partial charge in [-0.1, -0.05) is 24.1 Å². The van der Waals surface area contributed by atoms with Gasteiger partial charge in [0.15, 0.2) is 0 Å². The Kier molecular flexibility index (Phi) is 3.52. The van der Waals surface area contributed by atoms with E-state index in [0.717, 1.165) is 6.42 Å². The number of aromatic nitrogens is 1. The highest BCUT2D eigenvalue weighted by Crippen LogP contribution is 2.40. The number of rotatable bonds is 4. The molecular formula is C12H13ClN2O3. The summed E-state index contributed by atoms with van der Waals surface area (Å²) in [5, 5.41) is 12.0. The molecule has 2 N–H and O–H groups in total. The predicted octanol–water partition coefficient (Wildman–Crippen LogP) is 1.72. The lowest BCUT2D eigenvalue weighted by Crippen LogP contribution is -2.47. The molecule has 1 amide bonds. The molecule has 1 aromatic heterocycles. The summed E-state index contributed by atoms with van der Waals surface area (Å²) in [6.07, 6.45) is 2.09. The lowest BCUT2D eigenvalue weighted by molar-refractivity contribution is -0.153. The van der Waals surface area contributed by atoms with Crippen LogP contribution in [0.15, 0.2) is 18.2 Å². The molecule has 1 aliphatic carbocycles. The van der Waals surface area contributed by atoms with Crippen molar-refractivity contribution in [3.8, 4) is 0 Å². The minimum absolute atomic E-state index is 0.134. The monoisotopic (exact) mass is 268 g/mol. The van der Waals surface area contributed by atoms with E-state index < -0.39 is 17.3 Å². The van der Waals surface area contributed by atoms with Crippen LogP contribution in [0.1, 0.15) is 29.8 Å². The van der Waals surface area contributed by atoms with Crippen LogP contribution in [0.25, 0.3) is 0 Å². The molecule has 0 aromatic carbocycles. The molecule has 0 bridgehead atoms. The second kappa shape index (κ2) is 4.94. The van der Waals surface area contributed by atoms with Crippen molar-refractivity contribution in [2.24, 2.45) is 5.41 Å². The van der Waals surface area contributed by atoms with Crippen molar-refractivity contribution in [2.75, 3.05) is 6.54 Å². The molecule has 0 radical (unpaired) electrons. The third-order valence-electron chi connectivity index (χ3n) is 3.30. The van der Waals surface area contributed by atoms with Gasteiger partial charge in [0.1, 0.15) is 10.8 Å². The van der Waals surface area contributed by atoms with Crippen molar-refractivity contribution in [1.29, 1.82) is 0 Å². The van der Waals surface area contributed by atoms with Gasteiger partial charge >= 0.3 is 5.97 Å². The third kappa shape index (κ3) is 2.46. The average molecular weight is 269 g/mol. The number of halogens is 1. The number of carbonyl (C=O) groups is 2. The summed E-state index contributed by atoms with van der Waals surface area (Å²) in [6.45, 7) is 0.134. The van der Waals surface area contributed by atoms with Gasteiger partial charge in [0.2, 0.25) is 0 Å². The minimum Gasteiger partial charge on any atom is -0.481 e. The number of hydrogen-bond acceptors (Lipinski definition) is 3. The second-order valence-electron chi connectivity index (χ2n) is 4.47. The molecule has 5 nitrogen and oxygen atoms in total. The van der Waals surface area contributed by atoms with Gasteiger partial charge < -0.3 is 10.4 Å². The molecule has 1 aromatic rings. The smallest absolute Gasteiger partial charge is 0.311 e. The van der Waals surface area contributed by atoms with E-state index in [4.69, 9.17) is 16.7 Å². The summed E-state index contributed by atoms with van der Waals surface area (Å²) in [7, 11) is 0. The summed E-state index contributed by atoms with van der Waals surface area (Å²) in [5.74, 6) is -1.25. The van der Waals surface area contributed by atoms with Gasteiger partial charge in [-0.05, 0) is 25.0 Å². The van der Waals surface area contributed by atoms with Crippen LogP contribution in [-0.2, 0) is 4.79 Å². The molecule has 1 fully saturated rings. The Morgan fingerprint density at radius 1 is 1.44 bits per heavy atom. The highest BCUT2D eigenvalue weighted by atomic mass is 35.5. The summed E-state index contributed by atoms with van der Waals surface area (Å²) < 4.78 is 0. The summed E-state index contributed by atoms with van der Waals surface area (Å²) in [4.78, 5) is 26.8. The Hall–Kier alpha value is -1.62. The van der Waals surface area contributed by atoms with Gasteiger partial charge in [-0.2, -0.15) is 0 Å². The first kappa shape index (κ1) is 12.8. The van der Waals surface area contributed by atoms with E-state index in [2.05, 4.69) is 10.3 Å². The van der Waals surface area contributed by atoms with Gasteiger partial charge in [0, 0.05) is 6.54 Å². The molecule has 1 saturated carbocycles. The molecule has 0 aliphatic heterocycles. The number of carboxylic acid groups (broad SMARTS) is 1. The fourth-order valence-corrected chi connectivity index (χ4v) is 2.11. The number of amides is 1. The number of pyridine rings is 1. The molecule has 6 heteroatoms. The highest BCUT2D eigenvalue weighted by molar-refractivity contribution is 6.29. The topological polar surface area (TPSA) is 79.3 Å². The van der Waals surface area contributed by atoms with Gasteiger partial charge in [-0.25, -0.2) is 4.98 Å². The standard InChI is InChI=1S/C12H13ClN2O3/c13-9-4-1-3-8(15-9)10(16)14-7-12(11(17)18)5-2-6-12/h1,3-4H,2,5-7H2,(H,14,16)(H,17,18). The Morgan fingerprint density at radius 3 is 2.67 bits per heavy atom. The fourth-order valence-electron chi connectivity index (χ4n) is 1.94. The van der Waals surface area contributed by atoms with Crippen LogP contribution in [0.4, 0.5) is 0 Å². The van der Waals surface area contributed by atoms with E-state index in [1.165, 1.54) is 6.07 Å². The molecule has 2 rings (SSSR count). The number of nitrogens with one attached hydrogen (secondary N) is 1. The van der Waals surface area contributed by atoms with E-state index in [0.29, 0.717) is 12.8 Å². The number of hydrogen-bond donors (Lipinski definition) is 2. The van der Waals surface area contributed by atoms with Crippen LogP contribution in [0.3, 0.4) is 0 Å². The lowest BCUT2D eigenvalue weighted by Gasteiger charge is -2.37. The summed E-state index contributed by atoms with van der Waals surface area (Å²) >= 11 is 5.68. The number of nitrogens with zero attached hydrogens (tertiary/aromatic N) is 1. The maximum absolute atomic E-state index is 11.8. The van der Waals surface area contributed by atoms with Crippen LogP contribution < -0.4 is 5.32 Å². The van der Waals surface area contributed by atoms with Gasteiger partial charge in [0.25, 0.3) is 5.91 Å². The van der Waals surface area contributed by atoms with E-state index in [-0.39, 0.29) is 17.4 Å². The SMILES string of the molecule is O=C(NCC1(C(=O)O)CCC1)c1cccc(Cl)n1. The molecule has 1 heterocycles. The zero-order valence-corrected chi connectivity index (χ0v) is 10.4. The summed E-state index contributed by atoms with van der Waals surface area (Å²) in [5.41, 5.74) is -0.601. The quantitative estimate of drug-likeness (QED) is 0.815. The van der Waals surface area contributed by atoms with E-state index >= 15 is 0 Å². The fraction of sp³-hybridized carbons (Fsp3) is 0.417. The third-order valence-corrected chi connectivity index (χ3v) is 3.51. The molecule has 0 atom stereocenters. The average Bonchev–Trinajstić information content (AvgIpc) is 2.26. The maximum atomic E-state index is 11.8. The molecule has 0 unspecified atom stereocenters. The Labute approximate surface area is 109 Å². The van der Waals surface area contributed by atoms with Crippen molar-refractivity contribution in [2.45, 2.75) is 19.3 Å². The largest absolute Gasteiger partial charge is 0.481 e. The van der Waals surface area contributed by atoms with Crippen LogP contribution in [0, 0.1) is 5.41 Å². The van der Waals surface area contributed by atoms with Crippen molar-refractivity contribution < 1.29 is 14.7 Å². The molecule has 18 heavy (non-hydrogen) atoms. The van der Waals surface area contributed by atoms with E-state index in [1.54, 1.807) is 12.1 Å². The lowest BCUT2D eigenvalue weighted by atomic mass is 9.69. The van der Waals surface area contributed by atoms with E-state index in [1.807, 2.05) is 0 Å². The summed E-state index contributed by atoms with van der Waals surface area (Å²) in [6, 6.07) is 4.74. The minimum atomic E-state index is -0.854. The highest BCUT2D eigenvalue weighted by Gasteiger charge is 2.44. The number of carboxylic acids is 1. The van der Waals surface area contributed by atoms with Crippen molar-refractivity contribution in [3.05, 3.63) is 29.0 Å². The maximum Gasteiger partial charge on any atom is 0.311 e. The predicted molar refractivity (Wildman–Crippen MR) is 65.5 cm³/mol. The first-order valence-corrected chi connectivity index (χ1v) is 6.05. The van der Waals surface area contributed by atoms with Crippen molar-refractivity contribution in [1.82, 2.24) is 10.3 Å². The van der Waals surface area contributed by atoms with Crippen LogP contribution >= 0.6 is 11.6 Å². The Morgan fingerprint density at radius 2 is 2.17 bits per heavy atom. The second-order valence-corrected chi connectivity index (χ2v) is 4.85. The van der Waals surface area contributed by atoms with Crippen LogP contribution in [0.5, 0.6) is 0 Å². The molecular weight excluding hydrogens is 256 g/mol. The zero-order chi connectivity index (χ0) is 13.2. The molecule has 0 saturated heterocycles. The van der Waals surface area contributed by atoms with Gasteiger partial charge in [-0.15, -0.1) is 0 Å². The number of carbonyl (C=O) groups excluding carboxylic acids is 1. The van der Waals surface area contributed by atoms with Crippen molar-refractivity contribution >= 4 is 23.5 Å². The molecule has 0 spiro atoms. The van der Waals surface area contributed by atoms with Crippen LogP contribution in [-0.4, -0.2) is 28.5 Å². The Balaban J connectivity index is 1.98. The Bertz CT molecular complexity index is 486. The zero-order valence-electron chi connectivity index (χ0n) is 9.65. The molecule has 1 aliphatic rings. The van der Waals surface area contributed by atoms with Gasteiger partial charge in [0.05, 0.1) is 5.41 Å². The van der Waals surface area contributed by atoms with Crippen LogP contribution in [0.2, 0.25) is 5.15 Å². The first-order chi connectivity index (χ1) is 8.53. The van der Waals surface area contributed by atoms with Gasteiger partial charge in [-0.3, -0.25) is 9.59 Å². The van der Waals surface area contributed by atoms with E-state index in [9.17, 15) is 9.59 Å². The van der Waals surface area contributed by atoms with Crippen molar-refractivity contribution in [3.63, 3.8) is 0 Å².